The number of carboxylic acids is 1. The van der Waals surface area contributed by atoms with Crippen LogP contribution in [0.25, 0.3) is 5.57 Å². The molecule has 0 aromatic carbocycles. The Labute approximate surface area is 68.8 Å². The first-order chi connectivity index (χ1) is 5.20. The van der Waals surface area contributed by atoms with Crippen LogP contribution >= 0.6 is 11.3 Å². The number of thiophene rings is 1. The predicted octanol–water partition coefficient (Wildman–Crippen LogP) is 2.24. The summed E-state index contributed by atoms with van der Waals surface area (Å²) in [5, 5.41) is 10.3. The van der Waals surface area contributed by atoms with Crippen molar-refractivity contribution in [1.82, 2.24) is 0 Å². The van der Waals surface area contributed by atoms with E-state index in [4.69, 9.17) is 5.11 Å². The number of hydrogen-bond acceptors (Lipinski definition) is 2. The summed E-state index contributed by atoms with van der Waals surface area (Å²) in [6.07, 6.45) is 1.21. The van der Waals surface area contributed by atoms with E-state index in [0.717, 1.165) is 10.5 Å². The van der Waals surface area contributed by atoms with E-state index in [2.05, 4.69) is 0 Å². The minimum atomic E-state index is -0.893. The summed E-state index contributed by atoms with van der Waals surface area (Å²) in [6, 6.07) is 3.80. The topological polar surface area (TPSA) is 37.3 Å². The Bertz CT molecular complexity index is 272. The van der Waals surface area contributed by atoms with Crippen LogP contribution in [0.3, 0.4) is 0 Å². The molecule has 58 valence electrons. The number of allylic oxidation sites excluding steroid dienone is 1. The van der Waals surface area contributed by atoms with Gasteiger partial charge >= 0.3 is 5.97 Å². The maximum absolute atomic E-state index is 10.2. The molecular weight excluding hydrogens is 160 g/mol. The van der Waals surface area contributed by atoms with Gasteiger partial charge in [0.15, 0.2) is 0 Å². The largest absolute Gasteiger partial charge is 0.478 e. The summed E-state index contributed by atoms with van der Waals surface area (Å²) in [7, 11) is 0. The number of carboxylic acid groups (broad SMARTS) is 1. The Balaban J connectivity index is 2.86. The molecule has 1 rings (SSSR count). The third-order valence-corrected chi connectivity index (χ3v) is 2.26. The number of carbonyl (C=O) groups is 1. The van der Waals surface area contributed by atoms with Crippen LogP contribution in [0.5, 0.6) is 0 Å². The highest BCUT2D eigenvalue weighted by Crippen LogP contribution is 2.18. The predicted molar refractivity (Wildman–Crippen MR) is 45.6 cm³/mol. The number of aliphatic carboxylic acids is 1. The molecule has 2 nitrogen and oxygen atoms in total. The van der Waals surface area contributed by atoms with Crippen molar-refractivity contribution in [2.45, 2.75) is 6.92 Å². The molecule has 0 amide bonds. The monoisotopic (exact) mass is 168 g/mol. The Morgan fingerprint density at radius 1 is 1.73 bits per heavy atom. The first kappa shape index (κ1) is 8.01. The Hall–Kier alpha value is -1.09. The summed E-state index contributed by atoms with van der Waals surface area (Å²) in [5.74, 6) is -0.893. The van der Waals surface area contributed by atoms with Gasteiger partial charge in [-0.1, -0.05) is 6.07 Å². The normalized spacial score (nSPS) is 11.5. The van der Waals surface area contributed by atoms with Crippen LogP contribution < -0.4 is 0 Å². The van der Waals surface area contributed by atoms with Crippen LogP contribution in [-0.4, -0.2) is 11.1 Å². The van der Waals surface area contributed by atoms with Crippen molar-refractivity contribution >= 4 is 22.9 Å². The van der Waals surface area contributed by atoms with E-state index < -0.39 is 5.97 Å². The van der Waals surface area contributed by atoms with Gasteiger partial charge in [0.25, 0.3) is 0 Å². The van der Waals surface area contributed by atoms with Crippen molar-refractivity contribution in [3.8, 4) is 0 Å². The molecule has 0 aliphatic rings. The zero-order chi connectivity index (χ0) is 8.27. The summed E-state index contributed by atoms with van der Waals surface area (Å²) in [5.41, 5.74) is 0.799. The van der Waals surface area contributed by atoms with Gasteiger partial charge in [-0.25, -0.2) is 4.79 Å². The van der Waals surface area contributed by atoms with Gasteiger partial charge in [0, 0.05) is 11.0 Å². The van der Waals surface area contributed by atoms with E-state index in [1.54, 1.807) is 18.3 Å². The molecule has 0 saturated carbocycles. The average molecular weight is 168 g/mol. The molecule has 0 spiro atoms. The quantitative estimate of drug-likeness (QED) is 0.687. The molecule has 1 aromatic heterocycles. The first-order valence-electron chi connectivity index (χ1n) is 3.15. The molecular formula is C8H8O2S. The van der Waals surface area contributed by atoms with Crippen molar-refractivity contribution in [2.75, 3.05) is 0 Å². The maximum atomic E-state index is 10.2. The summed E-state index contributed by atoms with van der Waals surface area (Å²) in [4.78, 5) is 11.2. The highest BCUT2D eigenvalue weighted by Gasteiger charge is 1.97. The minimum absolute atomic E-state index is 0.799. The number of hydrogen-bond donors (Lipinski definition) is 1. The van der Waals surface area contributed by atoms with Gasteiger partial charge in [-0.05, 0) is 23.9 Å². The molecule has 0 radical (unpaired) electrons. The lowest BCUT2D eigenvalue weighted by Crippen LogP contribution is -1.87. The Kier molecular flexibility index (Phi) is 2.44. The minimum Gasteiger partial charge on any atom is -0.478 e. The molecule has 0 aliphatic carbocycles. The van der Waals surface area contributed by atoms with Gasteiger partial charge in [0.05, 0.1) is 0 Å². The molecule has 3 heteroatoms. The molecule has 11 heavy (non-hydrogen) atoms. The molecule has 1 aromatic rings. The fourth-order valence-corrected chi connectivity index (χ4v) is 1.46. The summed E-state index contributed by atoms with van der Waals surface area (Å²) < 4.78 is 0. The van der Waals surface area contributed by atoms with E-state index in [0.29, 0.717) is 0 Å². The lowest BCUT2D eigenvalue weighted by Gasteiger charge is -1.91. The van der Waals surface area contributed by atoms with Crippen molar-refractivity contribution in [2.24, 2.45) is 0 Å². The van der Waals surface area contributed by atoms with Crippen LogP contribution in [0.4, 0.5) is 0 Å². The molecule has 1 N–H and O–H groups in total. The van der Waals surface area contributed by atoms with Crippen molar-refractivity contribution in [3.63, 3.8) is 0 Å². The van der Waals surface area contributed by atoms with Crippen molar-refractivity contribution in [1.29, 1.82) is 0 Å². The summed E-state index contributed by atoms with van der Waals surface area (Å²) >= 11 is 1.54. The van der Waals surface area contributed by atoms with Crippen molar-refractivity contribution in [3.05, 3.63) is 28.5 Å². The SMILES string of the molecule is C/C(=C/C(=O)O)c1cccs1. The Morgan fingerprint density at radius 3 is 2.91 bits per heavy atom. The van der Waals surface area contributed by atoms with Crippen LogP contribution in [0.2, 0.25) is 0 Å². The van der Waals surface area contributed by atoms with Crippen LogP contribution in [0, 0.1) is 0 Å². The molecule has 0 unspecified atom stereocenters. The van der Waals surface area contributed by atoms with Gasteiger partial charge in [-0.3, -0.25) is 0 Å². The van der Waals surface area contributed by atoms with Gasteiger partial charge in [-0.2, -0.15) is 0 Å². The molecule has 0 fully saturated rings. The van der Waals surface area contributed by atoms with E-state index in [1.165, 1.54) is 6.08 Å². The molecule has 0 aliphatic heterocycles. The highest BCUT2D eigenvalue weighted by atomic mass is 32.1. The fraction of sp³-hybridized carbons (Fsp3) is 0.125. The van der Waals surface area contributed by atoms with Crippen molar-refractivity contribution < 1.29 is 9.90 Å². The highest BCUT2D eigenvalue weighted by molar-refractivity contribution is 7.11. The lowest BCUT2D eigenvalue weighted by molar-refractivity contribution is -0.131. The lowest BCUT2D eigenvalue weighted by atomic mass is 10.2. The third-order valence-electron chi connectivity index (χ3n) is 1.25. The second kappa shape index (κ2) is 3.34. The zero-order valence-corrected chi connectivity index (χ0v) is 6.89. The second-order valence-electron chi connectivity index (χ2n) is 2.14. The first-order valence-corrected chi connectivity index (χ1v) is 4.03. The molecule has 0 bridgehead atoms. The smallest absolute Gasteiger partial charge is 0.328 e. The third kappa shape index (κ3) is 2.20. The zero-order valence-electron chi connectivity index (χ0n) is 6.07. The molecule has 0 saturated heterocycles. The second-order valence-corrected chi connectivity index (χ2v) is 3.09. The van der Waals surface area contributed by atoms with Gasteiger partial charge in [0.2, 0.25) is 0 Å². The van der Waals surface area contributed by atoms with Gasteiger partial charge in [-0.15, -0.1) is 11.3 Å². The number of rotatable bonds is 2. The Morgan fingerprint density at radius 2 is 2.45 bits per heavy atom. The van der Waals surface area contributed by atoms with E-state index in [9.17, 15) is 4.79 Å². The standard InChI is InChI=1S/C8H8O2S/c1-6(5-8(9)10)7-3-2-4-11-7/h2-5H,1H3,(H,9,10)/b6-5-. The van der Waals surface area contributed by atoms with E-state index >= 15 is 0 Å². The molecule has 0 atom stereocenters. The molecule has 1 heterocycles. The van der Waals surface area contributed by atoms with Gasteiger partial charge in [0.1, 0.15) is 0 Å². The van der Waals surface area contributed by atoms with E-state index in [1.807, 2.05) is 17.5 Å². The van der Waals surface area contributed by atoms with Crippen LogP contribution in [0.1, 0.15) is 11.8 Å². The summed E-state index contributed by atoms with van der Waals surface area (Å²) in [6.45, 7) is 1.79. The average Bonchev–Trinajstić information content (AvgIpc) is 2.35. The maximum Gasteiger partial charge on any atom is 0.328 e. The van der Waals surface area contributed by atoms with Gasteiger partial charge < -0.3 is 5.11 Å². The van der Waals surface area contributed by atoms with E-state index in [-0.39, 0.29) is 0 Å². The van der Waals surface area contributed by atoms with Crippen LogP contribution in [-0.2, 0) is 4.79 Å². The van der Waals surface area contributed by atoms with Crippen LogP contribution in [0.15, 0.2) is 23.6 Å². The fourth-order valence-electron chi connectivity index (χ4n) is 0.759.